The number of carbonyl (C=O) groups excluding carboxylic acids is 1. The van der Waals surface area contributed by atoms with Gasteiger partial charge in [0.05, 0.1) is 11.3 Å². The van der Waals surface area contributed by atoms with Gasteiger partial charge in [-0.2, -0.15) is 5.10 Å². The molecular formula is C21H16FN5O2. The Morgan fingerprint density at radius 3 is 2.45 bits per heavy atom. The van der Waals surface area contributed by atoms with Gasteiger partial charge in [-0.15, -0.1) is 10.2 Å². The Morgan fingerprint density at radius 2 is 1.79 bits per heavy atom. The van der Waals surface area contributed by atoms with Gasteiger partial charge in [0.25, 0.3) is 5.91 Å². The Bertz CT molecular complexity index is 1140. The van der Waals surface area contributed by atoms with Crippen molar-refractivity contribution < 1.29 is 13.9 Å². The maximum atomic E-state index is 13.7. The lowest BCUT2D eigenvalue weighted by Gasteiger charge is -2.08. The number of nitrogens with one attached hydrogen (secondary N) is 1. The molecule has 0 saturated carbocycles. The number of halogens is 1. The molecule has 1 N–H and O–H groups in total. The third-order valence-corrected chi connectivity index (χ3v) is 4.04. The van der Waals surface area contributed by atoms with Gasteiger partial charge in [0.1, 0.15) is 11.6 Å². The van der Waals surface area contributed by atoms with Crippen molar-refractivity contribution in [3.63, 3.8) is 0 Å². The van der Waals surface area contributed by atoms with E-state index in [9.17, 15) is 9.18 Å². The minimum atomic E-state index is -0.572. The SMILES string of the molecule is Cc1ccn(-c2ccc(Oc3ccc(NC(=O)c4ccccc4F)cc3)nn2)n1. The molecule has 7 nitrogen and oxygen atoms in total. The van der Waals surface area contributed by atoms with Crippen molar-refractivity contribution in [2.45, 2.75) is 6.92 Å². The summed E-state index contributed by atoms with van der Waals surface area (Å²) in [5, 5.41) is 15.0. The fourth-order valence-electron chi connectivity index (χ4n) is 2.60. The third-order valence-electron chi connectivity index (χ3n) is 4.04. The molecule has 2 heterocycles. The van der Waals surface area contributed by atoms with Crippen LogP contribution in [0.25, 0.3) is 5.82 Å². The first-order chi connectivity index (χ1) is 14.1. The number of aromatic nitrogens is 4. The molecule has 0 fully saturated rings. The zero-order valence-corrected chi connectivity index (χ0v) is 15.4. The summed E-state index contributed by atoms with van der Waals surface area (Å²) in [5.41, 5.74) is 1.38. The van der Waals surface area contributed by atoms with Crippen molar-refractivity contribution >= 4 is 11.6 Å². The largest absolute Gasteiger partial charge is 0.438 e. The summed E-state index contributed by atoms with van der Waals surface area (Å²) in [6.45, 7) is 1.89. The van der Waals surface area contributed by atoms with E-state index in [-0.39, 0.29) is 5.56 Å². The summed E-state index contributed by atoms with van der Waals surface area (Å²) in [6.07, 6.45) is 1.80. The van der Waals surface area contributed by atoms with E-state index in [0.29, 0.717) is 23.1 Å². The second-order valence-electron chi connectivity index (χ2n) is 6.19. The van der Waals surface area contributed by atoms with Crippen LogP contribution in [0, 0.1) is 12.7 Å². The van der Waals surface area contributed by atoms with Crippen molar-refractivity contribution in [3.05, 3.63) is 90.0 Å². The summed E-state index contributed by atoms with van der Waals surface area (Å²) in [5.74, 6) is 0.327. The number of aryl methyl sites for hydroxylation is 1. The normalized spacial score (nSPS) is 10.6. The number of hydrogen-bond donors (Lipinski definition) is 1. The highest BCUT2D eigenvalue weighted by atomic mass is 19.1. The molecule has 0 saturated heterocycles. The average molecular weight is 389 g/mol. The molecule has 29 heavy (non-hydrogen) atoms. The molecule has 8 heteroatoms. The first-order valence-corrected chi connectivity index (χ1v) is 8.79. The lowest BCUT2D eigenvalue weighted by molar-refractivity contribution is 0.102. The van der Waals surface area contributed by atoms with E-state index in [1.165, 1.54) is 18.2 Å². The maximum Gasteiger partial charge on any atom is 0.258 e. The number of nitrogens with zero attached hydrogens (tertiary/aromatic N) is 4. The van der Waals surface area contributed by atoms with Crippen LogP contribution in [0.2, 0.25) is 0 Å². The van der Waals surface area contributed by atoms with Gasteiger partial charge in [-0.25, -0.2) is 9.07 Å². The predicted octanol–water partition coefficient (Wildman–Crippen LogP) is 4.15. The molecule has 0 atom stereocenters. The van der Waals surface area contributed by atoms with Gasteiger partial charge in [0, 0.05) is 18.0 Å². The van der Waals surface area contributed by atoms with Crippen molar-refractivity contribution in [3.8, 4) is 17.4 Å². The van der Waals surface area contributed by atoms with Crippen LogP contribution < -0.4 is 10.1 Å². The number of amides is 1. The summed E-state index contributed by atoms with van der Waals surface area (Å²) >= 11 is 0. The van der Waals surface area contributed by atoms with Crippen LogP contribution in [0.1, 0.15) is 16.1 Å². The van der Waals surface area contributed by atoms with Crippen molar-refractivity contribution in [2.24, 2.45) is 0 Å². The van der Waals surface area contributed by atoms with E-state index in [1.807, 2.05) is 13.0 Å². The fourth-order valence-corrected chi connectivity index (χ4v) is 2.60. The van der Waals surface area contributed by atoms with Gasteiger partial charge >= 0.3 is 0 Å². The number of benzene rings is 2. The smallest absolute Gasteiger partial charge is 0.258 e. The number of ether oxygens (including phenoxy) is 1. The van der Waals surface area contributed by atoms with Crippen LogP contribution in [-0.4, -0.2) is 25.9 Å². The molecule has 0 unspecified atom stereocenters. The second-order valence-corrected chi connectivity index (χ2v) is 6.19. The van der Waals surface area contributed by atoms with Crippen molar-refractivity contribution in [2.75, 3.05) is 5.32 Å². The topological polar surface area (TPSA) is 81.9 Å². The van der Waals surface area contributed by atoms with E-state index in [2.05, 4.69) is 20.6 Å². The van der Waals surface area contributed by atoms with Crippen molar-refractivity contribution in [1.29, 1.82) is 0 Å². The lowest BCUT2D eigenvalue weighted by Crippen LogP contribution is -2.13. The highest BCUT2D eigenvalue weighted by molar-refractivity contribution is 6.04. The third kappa shape index (κ3) is 4.27. The molecule has 1 amide bonds. The summed E-state index contributed by atoms with van der Waals surface area (Å²) in [7, 11) is 0. The Balaban J connectivity index is 1.40. The van der Waals surface area contributed by atoms with Gasteiger partial charge < -0.3 is 10.1 Å². The van der Waals surface area contributed by atoms with Crippen LogP contribution in [0.3, 0.4) is 0 Å². The molecule has 2 aromatic carbocycles. The Labute approximate surface area is 165 Å². The molecule has 0 aliphatic heterocycles. The van der Waals surface area contributed by atoms with E-state index in [0.717, 1.165) is 5.69 Å². The number of hydrogen-bond acceptors (Lipinski definition) is 5. The van der Waals surface area contributed by atoms with Crippen molar-refractivity contribution in [1.82, 2.24) is 20.0 Å². The molecule has 0 radical (unpaired) electrons. The number of rotatable bonds is 5. The highest BCUT2D eigenvalue weighted by Gasteiger charge is 2.11. The number of anilines is 1. The molecule has 0 aliphatic carbocycles. The molecule has 0 aliphatic rings. The first-order valence-electron chi connectivity index (χ1n) is 8.79. The van der Waals surface area contributed by atoms with Gasteiger partial charge in [-0.05, 0) is 55.5 Å². The summed E-state index contributed by atoms with van der Waals surface area (Å²) < 4.78 is 21.0. The van der Waals surface area contributed by atoms with E-state index < -0.39 is 11.7 Å². The van der Waals surface area contributed by atoms with E-state index in [1.54, 1.807) is 53.3 Å². The molecule has 2 aromatic heterocycles. The van der Waals surface area contributed by atoms with Crippen LogP contribution in [0.5, 0.6) is 11.6 Å². The maximum absolute atomic E-state index is 13.7. The Morgan fingerprint density at radius 1 is 1.00 bits per heavy atom. The zero-order valence-electron chi connectivity index (χ0n) is 15.4. The second kappa shape index (κ2) is 7.89. The molecular weight excluding hydrogens is 373 g/mol. The lowest BCUT2D eigenvalue weighted by atomic mass is 10.2. The van der Waals surface area contributed by atoms with Crippen LogP contribution >= 0.6 is 0 Å². The minimum absolute atomic E-state index is 0.0180. The molecule has 4 aromatic rings. The zero-order chi connectivity index (χ0) is 20.2. The van der Waals surface area contributed by atoms with Gasteiger partial charge in [0.2, 0.25) is 5.88 Å². The van der Waals surface area contributed by atoms with E-state index >= 15 is 0 Å². The van der Waals surface area contributed by atoms with Crippen LogP contribution in [0.4, 0.5) is 10.1 Å². The van der Waals surface area contributed by atoms with Crippen LogP contribution in [0.15, 0.2) is 72.9 Å². The van der Waals surface area contributed by atoms with Crippen LogP contribution in [-0.2, 0) is 0 Å². The summed E-state index contributed by atoms with van der Waals surface area (Å²) in [6, 6.07) is 17.8. The van der Waals surface area contributed by atoms with Gasteiger partial charge in [-0.3, -0.25) is 4.79 Å². The first kappa shape index (κ1) is 18.3. The average Bonchev–Trinajstić information content (AvgIpc) is 3.16. The Kier molecular flexibility index (Phi) is 4.98. The van der Waals surface area contributed by atoms with Gasteiger partial charge in [-0.1, -0.05) is 12.1 Å². The van der Waals surface area contributed by atoms with E-state index in [4.69, 9.17) is 4.74 Å². The predicted molar refractivity (Wildman–Crippen MR) is 105 cm³/mol. The highest BCUT2D eigenvalue weighted by Crippen LogP contribution is 2.22. The fraction of sp³-hybridized carbons (Fsp3) is 0.0476. The molecule has 144 valence electrons. The number of carbonyl (C=O) groups is 1. The Hall–Kier alpha value is -4.07. The van der Waals surface area contributed by atoms with Gasteiger partial charge in [0.15, 0.2) is 5.82 Å². The molecule has 0 spiro atoms. The molecule has 4 rings (SSSR count). The molecule has 0 bridgehead atoms. The minimum Gasteiger partial charge on any atom is -0.438 e. The standard InChI is InChI=1S/C21H16FN5O2/c1-14-12-13-27(26-14)19-10-11-20(25-24-19)29-16-8-6-15(7-9-16)23-21(28)17-4-2-3-5-18(17)22/h2-13H,1H3,(H,23,28). The monoisotopic (exact) mass is 389 g/mol. The quantitative estimate of drug-likeness (QED) is 0.554. The summed E-state index contributed by atoms with van der Waals surface area (Å²) in [4.78, 5) is 12.2.